The summed E-state index contributed by atoms with van der Waals surface area (Å²) in [6, 6.07) is 10.5. The van der Waals surface area contributed by atoms with E-state index in [0.29, 0.717) is 6.54 Å². The van der Waals surface area contributed by atoms with Gasteiger partial charge in [-0.05, 0) is 44.4 Å². The maximum atomic E-state index is 12.4. The van der Waals surface area contributed by atoms with Crippen molar-refractivity contribution in [3.05, 3.63) is 59.4 Å². The molecule has 4 heteroatoms. The highest BCUT2D eigenvalue weighted by Crippen LogP contribution is 2.40. The largest absolute Gasteiger partial charge is 0.496 e. The number of rotatable bonds is 9. The minimum Gasteiger partial charge on any atom is -0.496 e. The van der Waals surface area contributed by atoms with E-state index in [1.807, 2.05) is 13.8 Å². The lowest BCUT2D eigenvalue weighted by Gasteiger charge is -2.13. The van der Waals surface area contributed by atoms with Crippen LogP contribution in [-0.4, -0.2) is 19.6 Å². The summed E-state index contributed by atoms with van der Waals surface area (Å²) in [6.45, 7) is 8.91. The fourth-order valence-electron chi connectivity index (χ4n) is 3.92. The summed E-state index contributed by atoms with van der Waals surface area (Å²) in [6.07, 6.45) is 8.01. The third-order valence-electron chi connectivity index (χ3n) is 5.71. The number of allylic oxidation sites excluding steroid dienone is 1. The van der Waals surface area contributed by atoms with Gasteiger partial charge in [0, 0.05) is 34.7 Å². The van der Waals surface area contributed by atoms with Crippen LogP contribution in [0.15, 0.2) is 47.1 Å². The Morgan fingerprint density at radius 1 is 1.13 bits per heavy atom. The highest BCUT2D eigenvalue weighted by Gasteiger charge is 2.18. The van der Waals surface area contributed by atoms with Gasteiger partial charge in [0.25, 0.3) is 0 Å². The van der Waals surface area contributed by atoms with E-state index < -0.39 is 0 Å². The molecule has 4 nitrogen and oxygen atoms in total. The van der Waals surface area contributed by atoms with Crippen molar-refractivity contribution < 1.29 is 13.9 Å². The number of hydrogen-bond acceptors (Lipinski definition) is 3. The van der Waals surface area contributed by atoms with E-state index >= 15 is 0 Å². The molecule has 0 atom stereocenters. The average Bonchev–Trinajstić information content (AvgIpc) is 3.18. The Bertz CT molecular complexity index is 1070. The van der Waals surface area contributed by atoms with Crippen molar-refractivity contribution in [1.82, 2.24) is 5.32 Å². The molecule has 31 heavy (non-hydrogen) atoms. The molecule has 3 aromatic rings. The molecule has 0 fully saturated rings. The number of aryl methyl sites for hydroxylation is 2. The van der Waals surface area contributed by atoms with Gasteiger partial charge >= 0.3 is 0 Å². The topological polar surface area (TPSA) is 51.5 Å². The summed E-state index contributed by atoms with van der Waals surface area (Å²) < 4.78 is 11.6. The first kappa shape index (κ1) is 22.7. The Hall–Kier alpha value is -3.01. The number of fused-ring (bicyclic) bond motifs is 1. The maximum absolute atomic E-state index is 12.4. The Labute approximate surface area is 185 Å². The summed E-state index contributed by atoms with van der Waals surface area (Å²) in [5.74, 6) is 0.668. The molecule has 0 aliphatic heterocycles. The summed E-state index contributed by atoms with van der Waals surface area (Å²) in [5.41, 5.74) is 6.87. The van der Waals surface area contributed by atoms with Gasteiger partial charge in [0.1, 0.15) is 11.3 Å². The van der Waals surface area contributed by atoms with Gasteiger partial charge in [0.2, 0.25) is 5.91 Å². The molecule has 1 aromatic heterocycles. The predicted molar refractivity (Wildman–Crippen MR) is 128 cm³/mol. The number of furan rings is 1. The number of methoxy groups -OCH3 is 1. The second-order valence-corrected chi connectivity index (χ2v) is 8.15. The number of ether oxygens (including phenoxy) is 1. The first-order valence-corrected chi connectivity index (χ1v) is 11.1. The zero-order valence-electron chi connectivity index (χ0n) is 19.3. The molecule has 0 unspecified atom stereocenters. The molecule has 1 amide bonds. The van der Waals surface area contributed by atoms with Gasteiger partial charge in [0.05, 0.1) is 13.4 Å². The highest BCUT2D eigenvalue weighted by molar-refractivity contribution is 6.01. The Morgan fingerprint density at radius 3 is 2.55 bits per heavy atom. The molecule has 0 saturated heterocycles. The van der Waals surface area contributed by atoms with Crippen molar-refractivity contribution in [2.75, 3.05) is 13.7 Å². The first-order chi connectivity index (χ1) is 15.0. The molecule has 0 spiro atoms. The minimum atomic E-state index is -0.0697. The van der Waals surface area contributed by atoms with Crippen LogP contribution in [0.1, 0.15) is 56.2 Å². The zero-order valence-corrected chi connectivity index (χ0v) is 19.3. The van der Waals surface area contributed by atoms with E-state index in [-0.39, 0.29) is 5.91 Å². The molecule has 1 heterocycles. The van der Waals surface area contributed by atoms with Gasteiger partial charge in [-0.3, -0.25) is 4.79 Å². The number of nitrogens with one attached hydrogen (secondary N) is 1. The fourth-order valence-corrected chi connectivity index (χ4v) is 3.92. The third kappa shape index (κ3) is 5.19. The van der Waals surface area contributed by atoms with Gasteiger partial charge in [-0.15, -0.1) is 0 Å². The van der Waals surface area contributed by atoms with Crippen molar-refractivity contribution >= 4 is 22.4 Å². The van der Waals surface area contributed by atoms with E-state index in [2.05, 4.69) is 49.5 Å². The quantitative estimate of drug-likeness (QED) is 0.306. The molecule has 0 aliphatic rings. The Morgan fingerprint density at radius 2 is 1.87 bits per heavy atom. The standard InChI is InChI=1S/C27H33NO3/c1-6-7-8-9-14-28-25(29)15-19(3)22-16-23-24(21-12-10-18(2)11-13-21)17-31-27(23)20(4)26(22)30-5/h10-13,15-17H,6-9,14H2,1-5H3,(H,28,29)/b19-15+. The number of carbonyl (C=O) groups excluding carboxylic acids is 1. The minimum absolute atomic E-state index is 0.0697. The van der Waals surface area contributed by atoms with Crippen LogP contribution in [0.4, 0.5) is 0 Å². The van der Waals surface area contributed by atoms with Gasteiger partial charge in [0.15, 0.2) is 0 Å². The molecule has 3 rings (SSSR count). The van der Waals surface area contributed by atoms with Crippen LogP contribution < -0.4 is 10.1 Å². The van der Waals surface area contributed by atoms with Crippen LogP contribution in [-0.2, 0) is 4.79 Å². The van der Waals surface area contributed by atoms with E-state index in [1.165, 1.54) is 18.4 Å². The Kier molecular flexibility index (Phi) is 7.56. The van der Waals surface area contributed by atoms with Crippen LogP contribution in [0.25, 0.3) is 27.7 Å². The fraction of sp³-hybridized carbons (Fsp3) is 0.370. The zero-order chi connectivity index (χ0) is 22.4. The molecule has 0 radical (unpaired) electrons. The lowest BCUT2D eigenvalue weighted by Crippen LogP contribution is -2.22. The number of carbonyl (C=O) groups is 1. The number of benzene rings is 2. The van der Waals surface area contributed by atoms with Crippen LogP contribution in [0.5, 0.6) is 5.75 Å². The average molecular weight is 420 g/mol. The van der Waals surface area contributed by atoms with Crippen molar-refractivity contribution in [3.8, 4) is 16.9 Å². The highest BCUT2D eigenvalue weighted by atomic mass is 16.5. The van der Waals surface area contributed by atoms with Crippen molar-refractivity contribution in [2.45, 2.75) is 53.4 Å². The van der Waals surface area contributed by atoms with Gasteiger partial charge in [-0.1, -0.05) is 56.0 Å². The van der Waals surface area contributed by atoms with Gasteiger partial charge in [-0.2, -0.15) is 0 Å². The van der Waals surface area contributed by atoms with Crippen molar-refractivity contribution in [2.24, 2.45) is 0 Å². The number of hydrogen-bond donors (Lipinski definition) is 1. The van der Waals surface area contributed by atoms with E-state index in [4.69, 9.17) is 9.15 Å². The summed E-state index contributed by atoms with van der Waals surface area (Å²) in [7, 11) is 1.66. The summed E-state index contributed by atoms with van der Waals surface area (Å²) in [4.78, 5) is 12.4. The van der Waals surface area contributed by atoms with Crippen LogP contribution in [0.3, 0.4) is 0 Å². The van der Waals surface area contributed by atoms with E-state index in [9.17, 15) is 4.79 Å². The lowest BCUT2D eigenvalue weighted by atomic mass is 9.96. The van der Waals surface area contributed by atoms with E-state index in [1.54, 1.807) is 19.4 Å². The summed E-state index contributed by atoms with van der Waals surface area (Å²) >= 11 is 0. The number of amides is 1. The first-order valence-electron chi connectivity index (χ1n) is 11.1. The SMILES string of the molecule is CCCCCCNC(=O)/C=C(\C)c1cc2c(-c3ccc(C)cc3)coc2c(C)c1OC. The molecular weight excluding hydrogens is 386 g/mol. The molecule has 1 N–H and O–H groups in total. The van der Waals surface area contributed by atoms with Crippen molar-refractivity contribution in [3.63, 3.8) is 0 Å². The van der Waals surface area contributed by atoms with Crippen LogP contribution in [0, 0.1) is 13.8 Å². The van der Waals surface area contributed by atoms with E-state index in [0.717, 1.165) is 57.4 Å². The van der Waals surface area contributed by atoms with Gasteiger partial charge in [-0.25, -0.2) is 0 Å². The molecule has 0 bridgehead atoms. The number of unbranched alkanes of at least 4 members (excludes halogenated alkanes) is 3. The molecular formula is C27H33NO3. The maximum Gasteiger partial charge on any atom is 0.244 e. The third-order valence-corrected chi connectivity index (χ3v) is 5.71. The van der Waals surface area contributed by atoms with Crippen LogP contribution in [0.2, 0.25) is 0 Å². The summed E-state index contributed by atoms with van der Waals surface area (Å²) in [5, 5.41) is 4.01. The Balaban J connectivity index is 1.94. The van der Waals surface area contributed by atoms with Crippen molar-refractivity contribution in [1.29, 1.82) is 0 Å². The van der Waals surface area contributed by atoms with Gasteiger partial charge < -0.3 is 14.5 Å². The molecule has 164 valence electrons. The monoisotopic (exact) mass is 419 g/mol. The molecule has 0 aliphatic carbocycles. The smallest absolute Gasteiger partial charge is 0.244 e. The lowest BCUT2D eigenvalue weighted by molar-refractivity contribution is -0.116. The second kappa shape index (κ2) is 10.3. The normalized spacial score (nSPS) is 11.7. The molecule has 2 aromatic carbocycles. The second-order valence-electron chi connectivity index (χ2n) is 8.15. The van der Waals surface area contributed by atoms with Crippen LogP contribution >= 0.6 is 0 Å². The predicted octanol–water partition coefficient (Wildman–Crippen LogP) is 6.83. The molecule has 0 saturated carbocycles.